The van der Waals surface area contributed by atoms with E-state index in [1.807, 2.05) is 30.5 Å². The van der Waals surface area contributed by atoms with E-state index in [0.717, 1.165) is 23.5 Å². The van der Waals surface area contributed by atoms with Gasteiger partial charge in [-0.3, -0.25) is 9.59 Å². The van der Waals surface area contributed by atoms with Crippen molar-refractivity contribution in [3.8, 4) is 0 Å². The number of carbonyl (C=O) groups is 2. The van der Waals surface area contributed by atoms with Crippen molar-refractivity contribution < 1.29 is 9.59 Å². The smallest absolute Gasteiger partial charge is 0.251 e. The average Bonchev–Trinajstić information content (AvgIpc) is 3.13. The van der Waals surface area contributed by atoms with Crippen molar-refractivity contribution in [3.05, 3.63) is 81.8 Å². The highest BCUT2D eigenvalue weighted by Gasteiger charge is 2.10. The Morgan fingerprint density at radius 3 is 2.68 bits per heavy atom. The summed E-state index contributed by atoms with van der Waals surface area (Å²) >= 11 is 1.56. The molecule has 3 rings (SSSR count). The molecule has 1 aromatic heterocycles. The van der Waals surface area contributed by atoms with Gasteiger partial charge in [0.25, 0.3) is 5.91 Å². The number of nitrogens with one attached hydrogen (secondary N) is 2. The van der Waals surface area contributed by atoms with Crippen LogP contribution in [0.1, 0.15) is 40.0 Å². The number of hydrogen-bond donors (Lipinski definition) is 2. The predicted molar refractivity (Wildman–Crippen MR) is 113 cm³/mol. The summed E-state index contributed by atoms with van der Waals surface area (Å²) in [5.74, 6) is -0.286. The van der Waals surface area contributed by atoms with Crippen LogP contribution in [0.4, 0.5) is 5.69 Å². The summed E-state index contributed by atoms with van der Waals surface area (Å²) in [5, 5.41) is 8.59. The SMILES string of the molecule is CCCNC(=O)c1cccc(NC(=O)Cc2csc(Cc3ccccc3)n2)c1. The average molecular weight is 394 g/mol. The maximum atomic E-state index is 12.4. The summed E-state index contributed by atoms with van der Waals surface area (Å²) in [7, 11) is 0. The summed E-state index contributed by atoms with van der Waals surface area (Å²) in [5.41, 5.74) is 3.09. The molecule has 0 aliphatic carbocycles. The van der Waals surface area contributed by atoms with E-state index < -0.39 is 0 Å². The number of hydrogen-bond acceptors (Lipinski definition) is 4. The fraction of sp³-hybridized carbons (Fsp3) is 0.227. The van der Waals surface area contributed by atoms with Crippen molar-refractivity contribution in [1.82, 2.24) is 10.3 Å². The number of nitrogens with zero attached hydrogens (tertiary/aromatic N) is 1. The van der Waals surface area contributed by atoms with Gasteiger partial charge >= 0.3 is 0 Å². The molecule has 2 N–H and O–H groups in total. The molecule has 0 saturated heterocycles. The normalized spacial score (nSPS) is 10.5. The van der Waals surface area contributed by atoms with E-state index in [1.165, 1.54) is 5.56 Å². The molecule has 3 aromatic rings. The molecule has 0 fully saturated rings. The van der Waals surface area contributed by atoms with Crippen LogP contribution in [-0.2, 0) is 17.6 Å². The van der Waals surface area contributed by atoms with Crippen LogP contribution >= 0.6 is 11.3 Å². The fourth-order valence-electron chi connectivity index (χ4n) is 2.73. The summed E-state index contributed by atoms with van der Waals surface area (Å²) in [6.07, 6.45) is 1.85. The van der Waals surface area contributed by atoms with E-state index in [1.54, 1.807) is 35.6 Å². The molecule has 0 bridgehead atoms. The molecule has 0 aliphatic heterocycles. The van der Waals surface area contributed by atoms with Gasteiger partial charge in [-0.1, -0.05) is 43.3 Å². The van der Waals surface area contributed by atoms with Crippen LogP contribution in [0.25, 0.3) is 0 Å². The summed E-state index contributed by atoms with van der Waals surface area (Å²) < 4.78 is 0. The van der Waals surface area contributed by atoms with Gasteiger partial charge in [-0.25, -0.2) is 4.98 Å². The molecular weight excluding hydrogens is 370 g/mol. The molecule has 2 amide bonds. The molecule has 0 spiro atoms. The zero-order chi connectivity index (χ0) is 19.8. The molecule has 0 atom stereocenters. The summed E-state index contributed by atoms with van der Waals surface area (Å²) in [6, 6.07) is 17.1. The number of rotatable bonds is 8. The molecular formula is C22H23N3O2S. The molecule has 0 aliphatic rings. The van der Waals surface area contributed by atoms with Gasteiger partial charge in [-0.2, -0.15) is 0 Å². The first-order chi connectivity index (χ1) is 13.6. The van der Waals surface area contributed by atoms with Crippen LogP contribution in [0, 0.1) is 0 Å². The third kappa shape index (κ3) is 5.76. The Bertz CT molecular complexity index is 938. The predicted octanol–water partition coefficient (Wildman–Crippen LogP) is 4.05. The Morgan fingerprint density at radius 2 is 1.89 bits per heavy atom. The van der Waals surface area contributed by atoms with Crippen molar-refractivity contribution in [3.63, 3.8) is 0 Å². The van der Waals surface area contributed by atoms with Gasteiger partial charge in [-0.05, 0) is 30.2 Å². The van der Waals surface area contributed by atoms with Crippen molar-refractivity contribution >= 4 is 28.8 Å². The van der Waals surface area contributed by atoms with Crippen molar-refractivity contribution in [1.29, 1.82) is 0 Å². The van der Waals surface area contributed by atoms with Gasteiger partial charge in [-0.15, -0.1) is 11.3 Å². The first-order valence-electron chi connectivity index (χ1n) is 9.29. The third-order valence-corrected chi connectivity index (χ3v) is 4.98. The molecule has 5 nitrogen and oxygen atoms in total. The van der Waals surface area contributed by atoms with Crippen molar-refractivity contribution in [2.24, 2.45) is 0 Å². The molecule has 1 heterocycles. The standard InChI is InChI=1S/C22H23N3O2S/c1-2-11-23-22(27)17-9-6-10-18(13-17)24-20(26)14-19-15-28-21(25-19)12-16-7-4-3-5-8-16/h3-10,13,15H,2,11-12,14H2,1H3,(H,23,27)(H,24,26). The molecule has 0 radical (unpaired) electrons. The van der Waals surface area contributed by atoms with E-state index >= 15 is 0 Å². The molecule has 2 aromatic carbocycles. The number of carbonyl (C=O) groups excluding carboxylic acids is 2. The fourth-order valence-corrected chi connectivity index (χ4v) is 3.56. The van der Waals surface area contributed by atoms with E-state index in [0.29, 0.717) is 17.8 Å². The monoisotopic (exact) mass is 393 g/mol. The van der Waals surface area contributed by atoms with Gasteiger partial charge in [0, 0.05) is 29.6 Å². The van der Waals surface area contributed by atoms with Crippen LogP contribution in [0.3, 0.4) is 0 Å². The van der Waals surface area contributed by atoms with Gasteiger partial charge in [0.05, 0.1) is 17.1 Å². The van der Waals surface area contributed by atoms with E-state index in [2.05, 4.69) is 27.8 Å². The van der Waals surface area contributed by atoms with Crippen LogP contribution in [0.2, 0.25) is 0 Å². The maximum absolute atomic E-state index is 12.4. The second kappa shape index (κ2) is 9.80. The molecule has 0 saturated carbocycles. The first kappa shape index (κ1) is 19.8. The Hall–Kier alpha value is -2.99. The minimum absolute atomic E-state index is 0.136. The Balaban J connectivity index is 1.56. The molecule has 28 heavy (non-hydrogen) atoms. The lowest BCUT2D eigenvalue weighted by Crippen LogP contribution is -2.24. The zero-order valence-electron chi connectivity index (χ0n) is 15.8. The Kier molecular flexibility index (Phi) is 6.92. The highest BCUT2D eigenvalue weighted by atomic mass is 32.1. The topological polar surface area (TPSA) is 71.1 Å². The number of thiazole rings is 1. The zero-order valence-corrected chi connectivity index (χ0v) is 16.6. The van der Waals surface area contributed by atoms with Gasteiger partial charge in [0.1, 0.15) is 0 Å². The molecule has 144 valence electrons. The second-order valence-electron chi connectivity index (χ2n) is 6.46. The van der Waals surface area contributed by atoms with E-state index in [9.17, 15) is 9.59 Å². The molecule has 0 unspecified atom stereocenters. The minimum atomic E-state index is -0.150. The van der Waals surface area contributed by atoms with Gasteiger partial charge in [0.2, 0.25) is 5.91 Å². The largest absolute Gasteiger partial charge is 0.352 e. The quantitative estimate of drug-likeness (QED) is 0.606. The first-order valence-corrected chi connectivity index (χ1v) is 10.2. The lowest BCUT2D eigenvalue weighted by molar-refractivity contribution is -0.115. The Labute approximate surface area is 168 Å². The van der Waals surface area contributed by atoms with Crippen LogP contribution in [-0.4, -0.2) is 23.3 Å². The highest BCUT2D eigenvalue weighted by molar-refractivity contribution is 7.09. The number of amides is 2. The number of anilines is 1. The summed E-state index contributed by atoms with van der Waals surface area (Å²) in [4.78, 5) is 29.0. The number of aromatic nitrogens is 1. The molecule has 6 heteroatoms. The Morgan fingerprint density at radius 1 is 1.07 bits per heavy atom. The van der Waals surface area contributed by atoms with Crippen molar-refractivity contribution in [2.45, 2.75) is 26.2 Å². The van der Waals surface area contributed by atoms with E-state index in [-0.39, 0.29) is 18.2 Å². The summed E-state index contributed by atoms with van der Waals surface area (Å²) in [6.45, 7) is 2.63. The van der Waals surface area contributed by atoms with Crippen LogP contribution in [0.15, 0.2) is 60.0 Å². The van der Waals surface area contributed by atoms with Crippen LogP contribution in [0.5, 0.6) is 0 Å². The highest BCUT2D eigenvalue weighted by Crippen LogP contribution is 2.16. The third-order valence-electron chi connectivity index (χ3n) is 4.08. The second-order valence-corrected chi connectivity index (χ2v) is 7.40. The lowest BCUT2D eigenvalue weighted by atomic mass is 10.1. The van der Waals surface area contributed by atoms with Gasteiger partial charge < -0.3 is 10.6 Å². The van der Waals surface area contributed by atoms with E-state index in [4.69, 9.17) is 0 Å². The van der Waals surface area contributed by atoms with Gasteiger partial charge in [0.15, 0.2) is 0 Å². The lowest BCUT2D eigenvalue weighted by Gasteiger charge is -2.07. The van der Waals surface area contributed by atoms with Crippen LogP contribution < -0.4 is 10.6 Å². The van der Waals surface area contributed by atoms with Crippen molar-refractivity contribution in [2.75, 3.05) is 11.9 Å². The maximum Gasteiger partial charge on any atom is 0.251 e. The number of benzene rings is 2. The minimum Gasteiger partial charge on any atom is -0.352 e.